The minimum atomic E-state index is -1.34. The number of anilines is 1. The van der Waals surface area contributed by atoms with Crippen LogP contribution in [0.25, 0.3) is 0 Å². The molecule has 0 spiro atoms. The van der Waals surface area contributed by atoms with Gasteiger partial charge in [-0.25, -0.2) is 13.6 Å². The number of rotatable bonds is 14. The van der Waals surface area contributed by atoms with Crippen LogP contribution in [0, 0.1) is 17.6 Å². The summed E-state index contributed by atoms with van der Waals surface area (Å²) in [6.45, 7) is 5.11. The minimum absolute atomic E-state index is 0.0232. The van der Waals surface area contributed by atoms with Gasteiger partial charge in [0, 0.05) is 12.0 Å². The first-order valence-electron chi connectivity index (χ1n) is 11.9. The lowest BCUT2D eigenvalue weighted by molar-refractivity contribution is -0.152. The summed E-state index contributed by atoms with van der Waals surface area (Å²) in [5.74, 6) is -2.68. The maximum atomic E-state index is 14.0. The molecule has 0 aliphatic heterocycles. The van der Waals surface area contributed by atoms with Gasteiger partial charge >= 0.3 is 5.97 Å². The van der Waals surface area contributed by atoms with Gasteiger partial charge in [0.2, 0.25) is 5.91 Å². The molecule has 1 atom stereocenters. The van der Waals surface area contributed by atoms with Crippen molar-refractivity contribution in [3.05, 3.63) is 59.7 Å². The number of ether oxygens (including phenoxy) is 1. The number of benzene rings is 2. The molecule has 2 aromatic rings. The molecule has 186 valence electrons. The highest BCUT2D eigenvalue weighted by molar-refractivity contribution is 5.92. The second-order valence-corrected chi connectivity index (χ2v) is 9.11. The molecule has 0 aromatic heterocycles. The number of carbonyl (C=O) groups is 2. The quantitative estimate of drug-likeness (QED) is 0.296. The first-order chi connectivity index (χ1) is 16.1. The lowest BCUT2D eigenvalue weighted by atomic mass is 9.92. The Morgan fingerprint density at radius 1 is 1.00 bits per heavy atom. The van der Waals surface area contributed by atoms with E-state index in [2.05, 4.69) is 12.2 Å². The number of halogens is 2. The second kappa shape index (κ2) is 13.1. The van der Waals surface area contributed by atoms with Gasteiger partial charge in [0.25, 0.3) is 0 Å². The minimum Gasteiger partial charge on any atom is -0.478 e. The fraction of sp³-hybridized carbons (Fsp3) is 0.481. The highest BCUT2D eigenvalue weighted by Gasteiger charge is 2.29. The van der Waals surface area contributed by atoms with Crippen molar-refractivity contribution < 1.29 is 28.2 Å². The van der Waals surface area contributed by atoms with Gasteiger partial charge in [-0.05, 0) is 62.9 Å². The van der Waals surface area contributed by atoms with Crippen LogP contribution in [0.3, 0.4) is 0 Å². The van der Waals surface area contributed by atoms with Gasteiger partial charge in [-0.15, -0.1) is 0 Å². The highest BCUT2D eigenvalue weighted by atomic mass is 19.1. The SMILES string of the molecule is CCCCCCCC(CCc1ccc(OC(C)(C)C(=O)O)cc1)C(=O)Nc1ccc(F)cc1F. The first-order valence-corrected chi connectivity index (χ1v) is 11.9. The van der Waals surface area contributed by atoms with Crippen molar-refractivity contribution in [2.24, 2.45) is 5.92 Å². The number of hydrogen-bond donors (Lipinski definition) is 2. The van der Waals surface area contributed by atoms with E-state index in [9.17, 15) is 23.5 Å². The van der Waals surface area contributed by atoms with E-state index in [-0.39, 0.29) is 17.5 Å². The normalized spacial score (nSPS) is 12.3. The van der Waals surface area contributed by atoms with Crippen LogP contribution in [0.4, 0.5) is 14.5 Å². The molecule has 34 heavy (non-hydrogen) atoms. The fourth-order valence-corrected chi connectivity index (χ4v) is 3.63. The van der Waals surface area contributed by atoms with Gasteiger partial charge in [-0.2, -0.15) is 0 Å². The lowest BCUT2D eigenvalue weighted by Gasteiger charge is -2.21. The van der Waals surface area contributed by atoms with E-state index in [4.69, 9.17) is 4.74 Å². The van der Waals surface area contributed by atoms with Gasteiger partial charge in [0.15, 0.2) is 5.60 Å². The number of carboxylic acid groups (broad SMARTS) is 1. The molecule has 0 fully saturated rings. The number of amides is 1. The maximum Gasteiger partial charge on any atom is 0.347 e. The number of hydrogen-bond acceptors (Lipinski definition) is 3. The standard InChI is InChI=1S/C27H35F2NO4/c1-4-5-6-7-8-9-20(25(31)30-24-17-14-21(28)18-23(24)29)13-10-19-11-15-22(16-12-19)34-27(2,3)26(32)33/h11-12,14-18,20H,4-10,13H2,1-3H3,(H,30,31)(H,32,33). The van der Waals surface area contributed by atoms with Crippen molar-refractivity contribution in [2.75, 3.05) is 5.32 Å². The van der Waals surface area contributed by atoms with E-state index < -0.39 is 23.2 Å². The average Bonchev–Trinajstić information content (AvgIpc) is 2.78. The van der Waals surface area contributed by atoms with E-state index in [0.29, 0.717) is 25.0 Å². The van der Waals surface area contributed by atoms with Gasteiger partial charge in [0.05, 0.1) is 5.69 Å². The second-order valence-electron chi connectivity index (χ2n) is 9.11. The third-order valence-corrected chi connectivity index (χ3v) is 5.81. The molecule has 7 heteroatoms. The van der Waals surface area contributed by atoms with Crippen molar-refractivity contribution in [1.29, 1.82) is 0 Å². The zero-order valence-corrected chi connectivity index (χ0v) is 20.2. The highest BCUT2D eigenvalue weighted by Crippen LogP contribution is 2.24. The maximum absolute atomic E-state index is 14.0. The molecule has 1 unspecified atom stereocenters. The summed E-state index contributed by atoms with van der Waals surface area (Å²) in [7, 11) is 0. The molecule has 2 rings (SSSR count). The Labute approximate surface area is 200 Å². The number of unbranched alkanes of at least 4 members (excludes halogenated alkanes) is 4. The summed E-state index contributed by atoms with van der Waals surface area (Å²) in [5, 5.41) is 11.8. The fourth-order valence-electron chi connectivity index (χ4n) is 3.63. The summed E-state index contributed by atoms with van der Waals surface area (Å²) >= 11 is 0. The van der Waals surface area contributed by atoms with Crippen LogP contribution in [-0.2, 0) is 16.0 Å². The first kappa shape index (κ1) is 27.3. The molecule has 2 N–H and O–H groups in total. The Morgan fingerprint density at radius 2 is 1.68 bits per heavy atom. The third-order valence-electron chi connectivity index (χ3n) is 5.81. The van der Waals surface area contributed by atoms with E-state index in [1.165, 1.54) is 19.9 Å². The Morgan fingerprint density at radius 3 is 2.29 bits per heavy atom. The zero-order chi connectivity index (χ0) is 25.1. The van der Waals surface area contributed by atoms with Gasteiger partial charge in [0.1, 0.15) is 17.4 Å². The molecule has 0 aliphatic rings. The van der Waals surface area contributed by atoms with Gasteiger partial charge in [-0.3, -0.25) is 4.79 Å². The predicted molar refractivity (Wildman–Crippen MR) is 129 cm³/mol. The number of nitrogens with one attached hydrogen (secondary N) is 1. The Balaban J connectivity index is 2.01. The molecule has 0 radical (unpaired) electrons. The van der Waals surface area contributed by atoms with Crippen molar-refractivity contribution in [3.8, 4) is 5.75 Å². The number of carbonyl (C=O) groups excluding carboxylic acids is 1. The Bertz CT molecular complexity index is 944. The predicted octanol–water partition coefficient (Wildman–Crippen LogP) is 6.75. The van der Waals surface area contributed by atoms with Crippen molar-refractivity contribution in [1.82, 2.24) is 0 Å². The van der Waals surface area contributed by atoms with E-state index in [1.807, 2.05) is 12.1 Å². The van der Waals surface area contributed by atoms with Crippen LogP contribution in [0.1, 0.15) is 71.3 Å². The molecule has 0 bridgehead atoms. The number of aliphatic carboxylic acids is 1. The summed E-state index contributed by atoms with van der Waals surface area (Å²) in [6.07, 6.45) is 7.24. The number of carboxylic acids is 1. The smallest absolute Gasteiger partial charge is 0.347 e. The number of aryl methyl sites for hydroxylation is 1. The molecule has 1 amide bonds. The summed E-state index contributed by atoms with van der Waals surface area (Å²) in [6, 6.07) is 10.2. The molecular weight excluding hydrogens is 440 g/mol. The van der Waals surface area contributed by atoms with Crippen LogP contribution in [0.2, 0.25) is 0 Å². The summed E-state index contributed by atoms with van der Waals surface area (Å²) in [5.41, 5.74) is -0.375. The average molecular weight is 476 g/mol. The van der Waals surface area contributed by atoms with E-state index in [0.717, 1.165) is 49.8 Å². The van der Waals surface area contributed by atoms with Crippen molar-refractivity contribution >= 4 is 17.6 Å². The monoisotopic (exact) mass is 475 g/mol. The topological polar surface area (TPSA) is 75.6 Å². The lowest BCUT2D eigenvalue weighted by Crippen LogP contribution is -2.37. The Hall–Kier alpha value is -2.96. The summed E-state index contributed by atoms with van der Waals surface area (Å²) in [4.78, 5) is 24.2. The van der Waals surface area contributed by atoms with E-state index >= 15 is 0 Å². The van der Waals surface area contributed by atoms with Crippen LogP contribution in [0.15, 0.2) is 42.5 Å². The third kappa shape index (κ3) is 8.76. The largest absolute Gasteiger partial charge is 0.478 e. The molecule has 5 nitrogen and oxygen atoms in total. The molecule has 2 aromatic carbocycles. The molecule has 0 aliphatic carbocycles. The Kier molecular flexibility index (Phi) is 10.5. The molecule has 0 saturated carbocycles. The zero-order valence-electron chi connectivity index (χ0n) is 20.2. The van der Waals surface area contributed by atoms with Crippen molar-refractivity contribution in [3.63, 3.8) is 0 Å². The van der Waals surface area contributed by atoms with E-state index in [1.54, 1.807) is 12.1 Å². The molecule has 0 saturated heterocycles. The van der Waals surface area contributed by atoms with Crippen LogP contribution in [0.5, 0.6) is 5.75 Å². The van der Waals surface area contributed by atoms with Crippen molar-refractivity contribution in [2.45, 2.75) is 77.7 Å². The van der Waals surface area contributed by atoms with Crippen LogP contribution >= 0.6 is 0 Å². The molecule has 0 heterocycles. The van der Waals surface area contributed by atoms with Gasteiger partial charge < -0.3 is 15.2 Å². The van der Waals surface area contributed by atoms with Crippen LogP contribution < -0.4 is 10.1 Å². The van der Waals surface area contributed by atoms with Crippen LogP contribution in [-0.4, -0.2) is 22.6 Å². The molecular formula is C27H35F2NO4. The van der Waals surface area contributed by atoms with Gasteiger partial charge in [-0.1, -0.05) is 51.2 Å². The summed E-state index contributed by atoms with van der Waals surface area (Å²) < 4.78 is 32.7.